The maximum atomic E-state index is 13.1. The molecule has 1 unspecified atom stereocenters. The van der Waals surface area contributed by atoms with Crippen LogP contribution in [0.4, 0.5) is 0 Å². The number of ketones is 2. The van der Waals surface area contributed by atoms with Crippen LogP contribution in [0.1, 0.15) is 78.4 Å². The van der Waals surface area contributed by atoms with Crippen LogP contribution in [-0.4, -0.2) is 77.5 Å². The predicted molar refractivity (Wildman–Crippen MR) is 157 cm³/mol. The van der Waals surface area contributed by atoms with E-state index in [9.17, 15) is 22.8 Å². The number of fused-ring (bicyclic) bond motifs is 1. The number of hydrogen-bond donors (Lipinski definition) is 0. The van der Waals surface area contributed by atoms with Gasteiger partial charge < -0.3 is 9.64 Å². The van der Waals surface area contributed by atoms with Gasteiger partial charge in [-0.3, -0.25) is 19.3 Å². The molecule has 2 aliphatic carbocycles. The number of carbonyl (C=O) groups excluding carboxylic acids is 3. The molecule has 42 heavy (non-hydrogen) atoms. The fourth-order valence-electron chi connectivity index (χ4n) is 6.78. The van der Waals surface area contributed by atoms with Crippen molar-refractivity contribution in [2.24, 2.45) is 0 Å². The Labute approximate surface area is 247 Å². The summed E-state index contributed by atoms with van der Waals surface area (Å²) in [6, 6.07) is 13.1. The first kappa shape index (κ1) is 29.0. The van der Waals surface area contributed by atoms with Gasteiger partial charge in [-0.05, 0) is 42.5 Å². The lowest BCUT2D eigenvalue weighted by molar-refractivity contribution is -0.133. The molecular formula is C32H39N3O6S. The van der Waals surface area contributed by atoms with Crippen LogP contribution in [0.2, 0.25) is 0 Å². The van der Waals surface area contributed by atoms with E-state index in [0.29, 0.717) is 50.4 Å². The molecule has 1 atom stereocenters. The minimum Gasteiger partial charge on any atom is -0.489 e. The first-order valence-corrected chi connectivity index (χ1v) is 16.7. The van der Waals surface area contributed by atoms with Gasteiger partial charge in [-0.15, -0.1) is 0 Å². The van der Waals surface area contributed by atoms with Crippen LogP contribution in [0.25, 0.3) is 0 Å². The maximum Gasteiger partial charge on any atom is 0.255 e. The van der Waals surface area contributed by atoms with Crippen molar-refractivity contribution in [2.45, 2.75) is 82.4 Å². The molecule has 2 aromatic carbocycles. The van der Waals surface area contributed by atoms with Crippen molar-refractivity contribution in [2.75, 3.05) is 26.2 Å². The lowest BCUT2D eigenvalue weighted by Gasteiger charge is -2.36. The topological polar surface area (TPSA) is 104 Å². The van der Waals surface area contributed by atoms with Gasteiger partial charge in [0.1, 0.15) is 18.1 Å². The molecule has 2 heterocycles. The third kappa shape index (κ3) is 6.02. The highest BCUT2D eigenvalue weighted by molar-refractivity contribution is 7.89. The zero-order chi connectivity index (χ0) is 29.3. The van der Waals surface area contributed by atoms with Crippen molar-refractivity contribution >= 4 is 27.5 Å². The average molecular weight is 594 g/mol. The van der Waals surface area contributed by atoms with Crippen molar-refractivity contribution in [3.8, 4) is 5.75 Å². The number of benzene rings is 2. The molecule has 6 rings (SSSR count). The number of nitrogens with zero attached hydrogens (tertiary/aromatic N) is 3. The second-order valence-corrected chi connectivity index (χ2v) is 14.2. The number of amides is 1. The molecule has 224 valence electrons. The fourth-order valence-corrected chi connectivity index (χ4v) is 8.80. The van der Waals surface area contributed by atoms with Gasteiger partial charge in [-0.25, -0.2) is 8.42 Å². The normalized spacial score (nSPS) is 22.9. The molecule has 1 saturated heterocycles. The SMILES string of the molecule is O=C1CCC(N2Cc3c(OCc4ccc(CN5CCN(S(=O)(=O)C6CCCCC6)CC5)cc4)cccc3C2=O)C(=O)C1. The summed E-state index contributed by atoms with van der Waals surface area (Å²) in [5.41, 5.74) is 3.51. The molecule has 2 aliphatic heterocycles. The number of ether oxygens (including phenoxy) is 1. The number of piperazine rings is 1. The minimum atomic E-state index is -3.19. The van der Waals surface area contributed by atoms with Crippen LogP contribution in [-0.2, 0) is 39.3 Å². The zero-order valence-electron chi connectivity index (χ0n) is 24.0. The smallest absolute Gasteiger partial charge is 0.255 e. The molecule has 2 saturated carbocycles. The minimum absolute atomic E-state index is 0.0571. The summed E-state index contributed by atoms with van der Waals surface area (Å²) in [6.45, 7) is 4.00. The summed E-state index contributed by atoms with van der Waals surface area (Å²) in [4.78, 5) is 41.1. The van der Waals surface area contributed by atoms with Crippen LogP contribution in [0.5, 0.6) is 5.75 Å². The maximum absolute atomic E-state index is 13.1. The first-order valence-electron chi connectivity index (χ1n) is 15.2. The number of sulfonamides is 1. The van der Waals surface area contributed by atoms with Crippen molar-refractivity contribution < 1.29 is 27.5 Å². The molecule has 9 nitrogen and oxygen atoms in total. The second kappa shape index (κ2) is 12.3. The predicted octanol–water partition coefficient (Wildman–Crippen LogP) is 3.69. The monoisotopic (exact) mass is 593 g/mol. The number of carbonyl (C=O) groups is 3. The summed E-state index contributed by atoms with van der Waals surface area (Å²) >= 11 is 0. The molecule has 2 aromatic rings. The van der Waals surface area contributed by atoms with Gasteiger partial charge in [0.05, 0.1) is 24.3 Å². The van der Waals surface area contributed by atoms with Crippen LogP contribution >= 0.6 is 0 Å². The van der Waals surface area contributed by atoms with Crippen LogP contribution in [0.3, 0.4) is 0 Å². The summed E-state index contributed by atoms with van der Waals surface area (Å²) in [7, 11) is -3.19. The van der Waals surface area contributed by atoms with Gasteiger partial charge in [0.15, 0.2) is 5.78 Å². The van der Waals surface area contributed by atoms with Gasteiger partial charge in [0.2, 0.25) is 10.0 Å². The van der Waals surface area contributed by atoms with E-state index in [1.54, 1.807) is 21.3 Å². The van der Waals surface area contributed by atoms with E-state index in [4.69, 9.17) is 4.74 Å². The number of Topliss-reactive ketones (excluding diaryl/α,β-unsaturated/α-hetero) is 2. The number of hydrogen-bond acceptors (Lipinski definition) is 7. The van der Waals surface area contributed by atoms with Crippen molar-refractivity contribution in [1.29, 1.82) is 0 Å². The van der Waals surface area contributed by atoms with E-state index in [1.165, 1.54) is 5.56 Å². The van der Waals surface area contributed by atoms with E-state index in [1.807, 2.05) is 18.2 Å². The molecule has 1 amide bonds. The Balaban J connectivity index is 1.01. The molecule has 0 N–H and O–H groups in total. The summed E-state index contributed by atoms with van der Waals surface area (Å²) < 4.78 is 34.0. The molecule has 0 aromatic heterocycles. The quantitative estimate of drug-likeness (QED) is 0.430. The Kier molecular flexibility index (Phi) is 8.47. The van der Waals surface area contributed by atoms with Gasteiger partial charge in [-0.1, -0.05) is 49.6 Å². The molecule has 4 aliphatic rings. The van der Waals surface area contributed by atoms with Gasteiger partial charge in [-0.2, -0.15) is 4.31 Å². The second-order valence-electron chi connectivity index (χ2n) is 12.0. The lowest BCUT2D eigenvalue weighted by atomic mass is 9.92. The van der Waals surface area contributed by atoms with E-state index in [2.05, 4.69) is 17.0 Å². The summed E-state index contributed by atoms with van der Waals surface area (Å²) in [5, 5.41) is -0.197. The fraction of sp³-hybridized carbons (Fsp3) is 0.531. The Morgan fingerprint density at radius 3 is 2.26 bits per heavy atom. The van der Waals surface area contributed by atoms with E-state index >= 15 is 0 Å². The highest BCUT2D eigenvalue weighted by Gasteiger charge is 2.40. The summed E-state index contributed by atoms with van der Waals surface area (Å²) in [5.74, 6) is 0.215. The van der Waals surface area contributed by atoms with E-state index < -0.39 is 16.1 Å². The first-order chi connectivity index (χ1) is 20.3. The Morgan fingerprint density at radius 2 is 1.55 bits per heavy atom. The number of rotatable bonds is 8. The van der Waals surface area contributed by atoms with Crippen molar-refractivity contribution in [3.05, 3.63) is 64.7 Å². The molecular weight excluding hydrogens is 554 g/mol. The standard InChI is InChI=1S/C32H39N3O6S/c36-25-13-14-29(30(37)19-25)35-21-28-27(32(35)38)7-4-8-31(28)41-22-24-11-9-23(10-12-24)20-33-15-17-34(18-16-33)42(39,40)26-5-2-1-3-6-26/h4,7-12,26,29H,1-3,5-6,13-22H2. The average Bonchev–Trinajstić information content (AvgIpc) is 3.34. The van der Waals surface area contributed by atoms with Crippen LogP contribution in [0, 0.1) is 0 Å². The molecule has 0 bridgehead atoms. The van der Waals surface area contributed by atoms with Crippen LogP contribution in [0.15, 0.2) is 42.5 Å². The van der Waals surface area contributed by atoms with Crippen LogP contribution < -0.4 is 4.74 Å². The third-order valence-corrected chi connectivity index (χ3v) is 11.7. The van der Waals surface area contributed by atoms with Crippen molar-refractivity contribution in [3.63, 3.8) is 0 Å². The van der Waals surface area contributed by atoms with Gasteiger partial charge >= 0.3 is 0 Å². The highest BCUT2D eigenvalue weighted by atomic mass is 32.2. The molecule has 0 spiro atoms. The van der Waals surface area contributed by atoms with Gasteiger partial charge in [0.25, 0.3) is 5.91 Å². The molecule has 10 heteroatoms. The molecule has 3 fully saturated rings. The van der Waals surface area contributed by atoms with E-state index in [-0.39, 0.29) is 29.1 Å². The van der Waals surface area contributed by atoms with E-state index in [0.717, 1.165) is 62.9 Å². The zero-order valence-corrected chi connectivity index (χ0v) is 24.8. The van der Waals surface area contributed by atoms with Crippen molar-refractivity contribution in [1.82, 2.24) is 14.1 Å². The Bertz CT molecular complexity index is 1440. The Morgan fingerprint density at radius 1 is 0.833 bits per heavy atom. The molecule has 0 radical (unpaired) electrons. The third-order valence-electron chi connectivity index (χ3n) is 9.26. The lowest BCUT2D eigenvalue weighted by Crippen LogP contribution is -2.51. The largest absolute Gasteiger partial charge is 0.489 e. The summed E-state index contributed by atoms with van der Waals surface area (Å²) in [6.07, 6.45) is 5.39. The Hall–Kier alpha value is -3.08. The highest BCUT2D eigenvalue weighted by Crippen LogP contribution is 2.35. The van der Waals surface area contributed by atoms with Gasteiger partial charge in [0, 0.05) is 50.3 Å².